The molecule has 0 amide bonds. The molecule has 2 N–H and O–H groups in total. The minimum Gasteiger partial charge on any atom is -0.356 e. The number of hydrogen-bond acceptors (Lipinski definition) is 2. The normalized spacial score (nSPS) is 11.3. The Bertz CT molecular complexity index is 679. The van der Waals surface area contributed by atoms with E-state index in [0.717, 1.165) is 44.9 Å². The van der Waals surface area contributed by atoms with Crippen molar-refractivity contribution >= 4 is 5.96 Å². The van der Waals surface area contributed by atoms with Gasteiger partial charge < -0.3 is 15.2 Å². The summed E-state index contributed by atoms with van der Waals surface area (Å²) in [4.78, 5) is 15.8. The number of nitrogens with zero attached hydrogens (tertiary/aromatic N) is 2. The molecular formula is C19H26N4O. The van der Waals surface area contributed by atoms with Crippen molar-refractivity contribution in [3.8, 4) is 0 Å². The highest BCUT2D eigenvalue weighted by Gasteiger charge is 1.98. The molecule has 0 saturated carbocycles. The lowest BCUT2D eigenvalue weighted by Gasteiger charge is -2.12. The van der Waals surface area contributed by atoms with Gasteiger partial charge in [-0.2, -0.15) is 0 Å². The topological polar surface area (TPSA) is 58.4 Å². The number of aromatic nitrogens is 1. The summed E-state index contributed by atoms with van der Waals surface area (Å²) in [6, 6.07) is 15.6. The number of aryl methyl sites for hydroxylation is 1. The number of benzene rings is 1. The minimum absolute atomic E-state index is 0.0591. The van der Waals surface area contributed by atoms with Crippen molar-refractivity contribution < 1.29 is 0 Å². The molecule has 2 rings (SSSR count). The van der Waals surface area contributed by atoms with E-state index in [1.54, 1.807) is 23.7 Å². The van der Waals surface area contributed by atoms with E-state index in [2.05, 4.69) is 39.9 Å². The van der Waals surface area contributed by atoms with Gasteiger partial charge in [0.15, 0.2) is 5.96 Å². The van der Waals surface area contributed by atoms with Crippen molar-refractivity contribution in [2.75, 3.05) is 20.1 Å². The number of guanidine groups is 1. The molecule has 5 nitrogen and oxygen atoms in total. The lowest BCUT2D eigenvalue weighted by Crippen LogP contribution is -2.38. The summed E-state index contributed by atoms with van der Waals surface area (Å²) in [6.07, 6.45) is 4.75. The molecule has 0 spiro atoms. The first-order chi connectivity index (χ1) is 11.8. The van der Waals surface area contributed by atoms with E-state index in [-0.39, 0.29) is 5.56 Å². The Morgan fingerprint density at radius 3 is 2.50 bits per heavy atom. The second-order valence-corrected chi connectivity index (χ2v) is 5.60. The highest BCUT2D eigenvalue weighted by Crippen LogP contribution is 1.98. The Morgan fingerprint density at radius 2 is 1.75 bits per heavy atom. The first-order valence-electron chi connectivity index (χ1n) is 8.43. The van der Waals surface area contributed by atoms with Gasteiger partial charge in [0.25, 0.3) is 0 Å². The van der Waals surface area contributed by atoms with Crippen molar-refractivity contribution in [1.29, 1.82) is 0 Å². The number of aliphatic imine (C=N–C) groups is 1. The fourth-order valence-electron chi connectivity index (χ4n) is 2.45. The van der Waals surface area contributed by atoms with Gasteiger partial charge in [0.1, 0.15) is 0 Å². The molecule has 1 heterocycles. The van der Waals surface area contributed by atoms with Crippen LogP contribution in [0, 0.1) is 0 Å². The zero-order valence-electron chi connectivity index (χ0n) is 14.2. The fourth-order valence-corrected chi connectivity index (χ4v) is 2.45. The largest absolute Gasteiger partial charge is 0.356 e. The lowest BCUT2D eigenvalue weighted by atomic mass is 10.1. The van der Waals surface area contributed by atoms with Crippen LogP contribution in [0.15, 0.2) is 64.5 Å². The number of rotatable bonds is 8. The van der Waals surface area contributed by atoms with Crippen LogP contribution in [0.25, 0.3) is 0 Å². The van der Waals surface area contributed by atoms with Crippen LogP contribution >= 0.6 is 0 Å². The average Bonchev–Trinajstić information content (AvgIpc) is 2.62. The zero-order valence-corrected chi connectivity index (χ0v) is 14.2. The Balaban J connectivity index is 1.60. The van der Waals surface area contributed by atoms with Gasteiger partial charge in [0.2, 0.25) is 5.56 Å². The van der Waals surface area contributed by atoms with Gasteiger partial charge in [-0.25, -0.2) is 0 Å². The second kappa shape index (κ2) is 10.3. The number of unbranched alkanes of at least 4 members (excludes halogenated alkanes) is 1. The van der Waals surface area contributed by atoms with Crippen molar-refractivity contribution in [3.63, 3.8) is 0 Å². The average molecular weight is 326 g/mol. The van der Waals surface area contributed by atoms with Gasteiger partial charge in [-0.1, -0.05) is 36.4 Å². The summed E-state index contributed by atoms with van der Waals surface area (Å²) in [5, 5.41) is 6.63. The molecule has 24 heavy (non-hydrogen) atoms. The molecule has 0 aliphatic rings. The smallest absolute Gasteiger partial charge is 0.250 e. The van der Waals surface area contributed by atoms with Crippen molar-refractivity contribution in [2.45, 2.75) is 25.8 Å². The maximum Gasteiger partial charge on any atom is 0.250 e. The Kier molecular flexibility index (Phi) is 7.60. The third-order valence-corrected chi connectivity index (χ3v) is 3.79. The number of pyridine rings is 1. The quantitative estimate of drug-likeness (QED) is 0.443. The Morgan fingerprint density at radius 1 is 1.00 bits per heavy atom. The molecular weight excluding hydrogens is 300 g/mol. The molecule has 5 heteroatoms. The predicted octanol–water partition coefficient (Wildman–Crippen LogP) is 2.04. The summed E-state index contributed by atoms with van der Waals surface area (Å²) < 4.78 is 1.74. The van der Waals surface area contributed by atoms with Gasteiger partial charge in [-0.15, -0.1) is 0 Å². The van der Waals surface area contributed by atoms with E-state index >= 15 is 0 Å². The van der Waals surface area contributed by atoms with Gasteiger partial charge >= 0.3 is 0 Å². The number of hydrogen-bond donors (Lipinski definition) is 2. The number of nitrogens with one attached hydrogen (secondary N) is 2. The molecule has 0 aliphatic carbocycles. The minimum atomic E-state index is 0.0591. The Labute approximate surface area is 143 Å². The van der Waals surface area contributed by atoms with Gasteiger partial charge in [-0.05, 0) is 30.9 Å². The highest BCUT2D eigenvalue weighted by atomic mass is 16.1. The van der Waals surface area contributed by atoms with Crippen molar-refractivity contribution in [3.05, 3.63) is 70.6 Å². The van der Waals surface area contributed by atoms with E-state index in [0.29, 0.717) is 0 Å². The molecule has 2 aromatic rings. The lowest BCUT2D eigenvalue weighted by molar-refractivity contribution is 0.585. The van der Waals surface area contributed by atoms with Crippen LogP contribution < -0.4 is 16.2 Å². The summed E-state index contributed by atoms with van der Waals surface area (Å²) >= 11 is 0. The van der Waals surface area contributed by atoms with Crippen LogP contribution in [0.4, 0.5) is 0 Å². The van der Waals surface area contributed by atoms with Crippen LogP contribution in [0.2, 0.25) is 0 Å². The first kappa shape index (κ1) is 17.8. The molecule has 0 radical (unpaired) electrons. The van der Waals surface area contributed by atoms with Gasteiger partial charge in [0.05, 0.1) is 0 Å². The summed E-state index contributed by atoms with van der Waals surface area (Å²) in [6.45, 7) is 2.44. The van der Waals surface area contributed by atoms with Gasteiger partial charge in [0, 0.05) is 38.9 Å². The van der Waals surface area contributed by atoms with Crippen LogP contribution in [0.5, 0.6) is 0 Å². The van der Waals surface area contributed by atoms with E-state index in [9.17, 15) is 4.79 Å². The van der Waals surface area contributed by atoms with E-state index in [4.69, 9.17) is 0 Å². The standard InChI is InChI=1S/C19H26N4O/c1-20-19(22-14-12-17-9-3-2-4-10-17)21-13-6-8-16-23-15-7-5-11-18(23)24/h2-5,7,9-11,15H,6,8,12-14,16H2,1H3,(H2,20,21,22). The monoisotopic (exact) mass is 326 g/mol. The molecule has 0 atom stereocenters. The van der Waals surface area contributed by atoms with Crippen LogP contribution in [-0.2, 0) is 13.0 Å². The summed E-state index contributed by atoms with van der Waals surface area (Å²) in [5.74, 6) is 0.822. The molecule has 128 valence electrons. The third-order valence-electron chi connectivity index (χ3n) is 3.79. The molecule has 1 aromatic heterocycles. The SMILES string of the molecule is CN=C(NCCCCn1ccccc1=O)NCCc1ccccc1. The van der Waals surface area contributed by atoms with E-state index < -0.39 is 0 Å². The van der Waals surface area contributed by atoms with E-state index in [1.165, 1.54) is 5.56 Å². The highest BCUT2D eigenvalue weighted by molar-refractivity contribution is 5.79. The fraction of sp³-hybridized carbons (Fsp3) is 0.368. The molecule has 0 fully saturated rings. The van der Waals surface area contributed by atoms with Gasteiger partial charge in [-0.3, -0.25) is 9.79 Å². The summed E-state index contributed by atoms with van der Waals surface area (Å²) in [7, 11) is 1.78. The van der Waals surface area contributed by atoms with Crippen molar-refractivity contribution in [1.82, 2.24) is 15.2 Å². The molecule has 1 aromatic carbocycles. The predicted molar refractivity (Wildman–Crippen MR) is 99.4 cm³/mol. The molecule has 0 bridgehead atoms. The zero-order chi connectivity index (χ0) is 17.0. The molecule has 0 saturated heterocycles. The first-order valence-corrected chi connectivity index (χ1v) is 8.43. The Hall–Kier alpha value is -2.56. The van der Waals surface area contributed by atoms with Crippen LogP contribution in [-0.4, -0.2) is 30.7 Å². The van der Waals surface area contributed by atoms with E-state index in [1.807, 2.05) is 18.3 Å². The third kappa shape index (κ3) is 6.28. The summed E-state index contributed by atoms with van der Waals surface area (Å²) in [5.41, 5.74) is 1.37. The molecule has 0 unspecified atom stereocenters. The van der Waals surface area contributed by atoms with Crippen molar-refractivity contribution in [2.24, 2.45) is 4.99 Å². The maximum atomic E-state index is 11.6. The second-order valence-electron chi connectivity index (χ2n) is 5.60. The van der Waals surface area contributed by atoms with Crippen LogP contribution in [0.3, 0.4) is 0 Å². The molecule has 0 aliphatic heterocycles. The van der Waals surface area contributed by atoms with Crippen LogP contribution in [0.1, 0.15) is 18.4 Å². The maximum absolute atomic E-state index is 11.6.